The summed E-state index contributed by atoms with van der Waals surface area (Å²) in [7, 11) is 0. The average molecular weight is 554 g/mol. The van der Waals surface area contributed by atoms with E-state index in [1.165, 1.54) is 41.6 Å². The van der Waals surface area contributed by atoms with E-state index in [1.807, 2.05) is 0 Å². The number of halogens is 1. The second kappa shape index (κ2) is 12.5. The summed E-state index contributed by atoms with van der Waals surface area (Å²) in [5, 5.41) is 4.38. The Morgan fingerprint density at radius 2 is 1.03 bits per heavy atom. The van der Waals surface area contributed by atoms with Crippen LogP contribution in [0.3, 0.4) is 0 Å². The standard InChI is InChI=1S/C30H36IP/c1-2-3-4-5-6-7-8-9-10-20-27-32(31,28-21-14-11-15-22-28,29-23-16-12-17-24-29)30-25-18-13-19-26-30/h6-7,9-19,21-26H,2-5,8,20,27H2,1H3/b7-6-,10-9-. The molecule has 0 atom stereocenters. The SMILES string of the molecule is CCCCC/C=C\C/C=C\CCP(I)(c1ccccc1)(c1ccccc1)c1ccccc1. The maximum atomic E-state index is 2.88. The minimum absolute atomic E-state index is 1.03. The topological polar surface area (TPSA) is 0 Å². The summed E-state index contributed by atoms with van der Waals surface area (Å²) in [6, 6.07) is 33.6. The zero-order chi connectivity index (χ0) is 22.6. The van der Waals surface area contributed by atoms with Crippen LogP contribution in [0, 0.1) is 0 Å². The van der Waals surface area contributed by atoms with Crippen LogP contribution in [0.1, 0.15) is 45.4 Å². The number of benzene rings is 3. The van der Waals surface area contributed by atoms with Gasteiger partial charge in [0.15, 0.2) is 0 Å². The first-order chi connectivity index (χ1) is 15.7. The number of hydrogen-bond donors (Lipinski definition) is 0. The van der Waals surface area contributed by atoms with E-state index in [9.17, 15) is 0 Å². The van der Waals surface area contributed by atoms with E-state index in [4.69, 9.17) is 0 Å². The molecule has 2 heteroatoms. The van der Waals surface area contributed by atoms with Gasteiger partial charge in [-0.1, -0.05) is 0 Å². The molecule has 3 aromatic rings. The van der Waals surface area contributed by atoms with E-state index in [2.05, 4.69) is 144 Å². The van der Waals surface area contributed by atoms with Crippen molar-refractivity contribution in [1.82, 2.24) is 0 Å². The Bertz CT molecular complexity index is 878. The predicted octanol–water partition coefficient (Wildman–Crippen LogP) is 8.34. The third-order valence-corrected chi connectivity index (χ3v) is 17.9. The molecule has 0 aliphatic rings. The van der Waals surface area contributed by atoms with Gasteiger partial charge in [-0.05, 0) is 0 Å². The van der Waals surface area contributed by atoms with Gasteiger partial charge in [0.1, 0.15) is 0 Å². The Balaban J connectivity index is 1.89. The summed E-state index contributed by atoms with van der Waals surface area (Å²) >= 11 is 2.88. The van der Waals surface area contributed by atoms with Crippen molar-refractivity contribution in [2.75, 3.05) is 6.16 Å². The van der Waals surface area contributed by atoms with Gasteiger partial charge >= 0.3 is 209 Å². The number of unbranched alkanes of at least 4 members (excludes halogenated alkanes) is 3. The summed E-state index contributed by atoms with van der Waals surface area (Å²) in [5.41, 5.74) is 0. The normalized spacial score (nSPS) is 13.4. The molecule has 0 saturated heterocycles. The van der Waals surface area contributed by atoms with Crippen molar-refractivity contribution in [3.05, 3.63) is 115 Å². The van der Waals surface area contributed by atoms with Crippen LogP contribution in [0.5, 0.6) is 0 Å². The molecule has 0 spiro atoms. The van der Waals surface area contributed by atoms with Crippen LogP contribution in [0.4, 0.5) is 0 Å². The average Bonchev–Trinajstić information content (AvgIpc) is 2.87. The summed E-state index contributed by atoms with van der Waals surface area (Å²) in [6.45, 7) is 2.26. The predicted molar refractivity (Wildman–Crippen MR) is 156 cm³/mol. The monoisotopic (exact) mass is 554 g/mol. The van der Waals surface area contributed by atoms with E-state index in [1.54, 1.807) is 0 Å². The maximum absolute atomic E-state index is 2.88. The van der Waals surface area contributed by atoms with E-state index >= 15 is 0 Å². The molecule has 0 aliphatic carbocycles. The van der Waals surface area contributed by atoms with E-state index in [0.717, 1.165) is 19.0 Å². The van der Waals surface area contributed by atoms with Gasteiger partial charge in [-0.25, -0.2) is 0 Å². The minimum atomic E-state index is -2.63. The van der Waals surface area contributed by atoms with Gasteiger partial charge < -0.3 is 0 Å². The molecule has 0 saturated carbocycles. The molecule has 0 unspecified atom stereocenters. The van der Waals surface area contributed by atoms with Crippen LogP contribution in [-0.2, 0) is 0 Å². The Labute approximate surface area is 208 Å². The van der Waals surface area contributed by atoms with E-state index < -0.39 is 4.25 Å². The summed E-state index contributed by atoms with van der Waals surface area (Å²) < 4.78 is -2.63. The molecule has 0 aliphatic heterocycles. The molecule has 0 N–H and O–H groups in total. The Kier molecular flexibility index (Phi) is 9.75. The molecule has 0 fully saturated rings. The second-order valence-corrected chi connectivity index (χ2v) is 19.1. The van der Waals surface area contributed by atoms with Crippen molar-refractivity contribution in [3.63, 3.8) is 0 Å². The zero-order valence-corrected chi connectivity index (χ0v) is 22.3. The van der Waals surface area contributed by atoms with Gasteiger partial charge in [-0.2, -0.15) is 0 Å². The molecule has 3 aromatic carbocycles. The first kappa shape index (κ1) is 24.9. The molecule has 3 rings (SSSR count). The molecule has 168 valence electrons. The summed E-state index contributed by atoms with van der Waals surface area (Å²) in [4.78, 5) is 0. The molecule has 0 amide bonds. The van der Waals surface area contributed by atoms with Crippen molar-refractivity contribution in [2.45, 2.75) is 45.4 Å². The Morgan fingerprint density at radius 3 is 1.47 bits per heavy atom. The third-order valence-electron chi connectivity index (χ3n) is 6.18. The number of allylic oxidation sites excluding steroid dienone is 4. The quantitative estimate of drug-likeness (QED) is 0.0914. The second-order valence-electron chi connectivity index (χ2n) is 8.38. The van der Waals surface area contributed by atoms with Crippen LogP contribution in [0.15, 0.2) is 115 Å². The zero-order valence-electron chi connectivity index (χ0n) is 19.2. The van der Waals surface area contributed by atoms with Crippen LogP contribution in [0.25, 0.3) is 0 Å². The molecule has 0 nitrogen and oxygen atoms in total. The molecule has 32 heavy (non-hydrogen) atoms. The van der Waals surface area contributed by atoms with Crippen LogP contribution < -0.4 is 15.9 Å². The van der Waals surface area contributed by atoms with Crippen LogP contribution in [-0.4, -0.2) is 6.16 Å². The summed E-state index contributed by atoms with van der Waals surface area (Å²) in [6.07, 6.45) is 17.8. The van der Waals surface area contributed by atoms with Gasteiger partial charge in [0.2, 0.25) is 0 Å². The van der Waals surface area contributed by atoms with E-state index in [-0.39, 0.29) is 0 Å². The van der Waals surface area contributed by atoms with Gasteiger partial charge in [0.25, 0.3) is 0 Å². The molecular weight excluding hydrogens is 518 g/mol. The third kappa shape index (κ3) is 5.80. The first-order valence-corrected chi connectivity index (χ1v) is 17.1. The fourth-order valence-corrected chi connectivity index (χ4v) is 12.8. The van der Waals surface area contributed by atoms with E-state index in [0.29, 0.717) is 0 Å². The van der Waals surface area contributed by atoms with Crippen LogP contribution in [0.2, 0.25) is 0 Å². The number of rotatable bonds is 12. The van der Waals surface area contributed by atoms with Gasteiger partial charge in [-0.3, -0.25) is 0 Å². The van der Waals surface area contributed by atoms with Crippen molar-refractivity contribution < 1.29 is 0 Å². The molecule has 0 heterocycles. The Hall–Kier alpha value is -1.70. The van der Waals surface area contributed by atoms with Crippen LogP contribution >= 0.6 is 26.3 Å². The van der Waals surface area contributed by atoms with Gasteiger partial charge in [-0.15, -0.1) is 0 Å². The van der Waals surface area contributed by atoms with Crippen molar-refractivity contribution >= 4 is 42.2 Å². The fourth-order valence-electron chi connectivity index (χ4n) is 4.39. The van der Waals surface area contributed by atoms with Gasteiger partial charge in [0, 0.05) is 0 Å². The summed E-state index contributed by atoms with van der Waals surface area (Å²) in [5.74, 6) is 0. The van der Waals surface area contributed by atoms with Crippen molar-refractivity contribution in [2.24, 2.45) is 0 Å². The molecule has 0 radical (unpaired) electrons. The first-order valence-electron chi connectivity index (χ1n) is 11.9. The molecule has 0 aromatic heterocycles. The van der Waals surface area contributed by atoms with Crippen molar-refractivity contribution in [1.29, 1.82) is 0 Å². The number of hydrogen-bond acceptors (Lipinski definition) is 0. The Morgan fingerprint density at radius 1 is 0.594 bits per heavy atom. The van der Waals surface area contributed by atoms with Crippen molar-refractivity contribution in [3.8, 4) is 0 Å². The molecule has 0 bridgehead atoms. The van der Waals surface area contributed by atoms with Gasteiger partial charge in [0.05, 0.1) is 0 Å². The molecular formula is C30H36IP. The fraction of sp³-hybridized carbons (Fsp3) is 0.267.